The standard InChI is InChI=1S/C11H22O/c1-7-9(4)11(6)12-10(5)8(2)3/h7-8,10-11H,1-6H3. The predicted molar refractivity (Wildman–Crippen MR) is 54.3 cm³/mol. The van der Waals surface area contributed by atoms with Gasteiger partial charge in [-0.05, 0) is 39.2 Å². The lowest BCUT2D eigenvalue weighted by molar-refractivity contribution is 0.00183. The second kappa shape index (κ2) is 5.36. The van der Waals surface area contributed by atoms with Gasteiger partial charge in [0, 0.05) is 0 Å². The van der Waals surface area contributed by atoms with Crippen molar-refractivity contribution in [3.63, 3.8) is 0 Å². The van der Waals surface area contributed by atoms with Gasteiger partial charge in [0.25, 0.3) is 0 Å². The number of rotatable bonds is 4. The maximum absolute atomic E-state index is 5.80. The Balaban J connectivity index is 3.92. The minimum atomic E-state index is 0.257. The van der Waals surface area contributed by atoms with Gasteiger partial charge in [-0.15, -0.1) is 0 Å². The molecule has 12 heavy (non-hydrogen) atoms. The largest absolute Gasteiger partial charge is 0.371 e. The van der Waals surface area contributed by atoms with Crippen molar-refractivity contribution < 1.29 is 4.74 Å². The average molecular weight is 170 g/mol. The molecule has 2 unspecified atom stereocenters. The van der Waals surface area contributed by atoms with Crippen molar-refractivity contribution in [2.45, 2.75) is 53.8 Å². The highest BCUT2D eigenvalue weighted by Gasteiger charge is 2.12. The summed E-state index contributed by atoms with van der Waals surface area (Å²) in [4.78, 5) is 0. The van der Waals surface area contributed by atoms with Crippen LogP contribution in [0.3, 0.4) is 0 Å². The SMILES string of the molecule is CC=C(C)C(C)OC(C)C(C)C. The summed E-state index contributed by atoms with van der Waals surface area (Å²) in [5.41, 5.74) is 1.31. The molecular formula is C11H22O. The van der Waals surface area contributed by atoms with Gasteiger partial charge in [0.1, 0.15) is 0 Å². The topological polar surface area (TPSA) is 9.23 Å². The van der Waals surface area contributed by atoms with E-state index in [4.69, 9.17) is 4.74 Å². The monoisotopic (exact) mass is 170 g/mol. The minimum Gasteiger partial charge on any atom is -0.371 e. The average Bonchev–Trinajstić information content (AvgIpc) is 2.02. The fraction of sp³-hybridized carbons (Fsp3) is 0.818. The summed E-state index contributed by atoms with van der Waals surface area (Å²) in [6.45, 7) is 12.8. The third-order valence-corrected chi connectivity index (χ3v) is 2.45. The molecule has 0 aliphatic carbocycles. The van der Waals surface area contributed by atoms with Gasteiger partial charge in [-0.25, -0.2) is 0 Å². The highest BCUT2D eigenvalue weighted by molar-refractivity contribution is 5.01. The zero-order valence-corrected chi connectivity index (χ0v) is 9.22. The first kappa shape index (κ1) is 11.7. The molecule has 0 amide bonds. The van der Waals surface area contributed by atoms with Crippen LogP contribution in [-0.2, 0) is 4.74 Å². The second-order valence-electron chi connectivity index (χ2n) is 3.76. The molecule has 0 fully saturated rings. The molecule has 0 spiro atoms. The van der Waals surface area contributed by atoms with E-state index in [1.807, 2.05) is 0 Å². The fourth-order valence-electron chi connectivity index (χ4n) is 0.821. The highest BCUT2D eigenvalue weighted by atomic mass is 16.5. The van der Waals surface area contributed by atoms with Gasteiger partial charge in [-0.1, -0.05) is 19.9 Å². The molecule has 1 nitrogen and oxygen atoms in total. The van der Waals surface area contributed by atoms with Crippen molar-refractivity contribution in [3.05, 3.63) is 11.6 Å². The fourth-order valence-corrected chi connectivity index (χ4v) is 0.821. The summed E-state index contributed by atoms with van der Waals surface area (Å²) >= 11 is 0. The number of ether oxygens (including phenoxy) is 1. The Hall–Kier alpha value is -0.300. The van der Waals surface area contributed by atoms with Gasteiger partial charge in [0.15, 0.2) is 0 Å². The molecule has 0 aliphatic rings. The molecule has 0 radical (unpaired) electrons. The Kier molecular flexibility index (Phi) is 5.23. The van der Waals surface area contributed by atoms with E-state index in [0.717, 1.165) is 0 Å². The molecule has 0 N–H and O–H groups in total. The first-order valence-corrected chi connectivity index (χ1v) is 4.77. The first-order chi connectivity index (χ1) is 5.49. The molecule has 0 bridgehead atoms. The van der Waals surface area contributed by atoms with E-state index in [2.05, 4.69) is 47.6 Å². The third kappa shape index (κ3) is 3.91. The van der Waals surface area contributed by atoms with Crippen LogP contribution >= 0.6 is 0 Å². The normalized spacial score (nSPS) is 18.1. The van der Waals surface area contributed by atoms with Gasteiger partial charge >= 0.3 is 0 Å². The maximum atomic E-state index is 5.80. The van der Waals surface area contributed by atoms with Gasteiger partial charge in [-0.2, -0.15) is 0 Å². The maximum Gasteiger partial charge on any atom is 0.0757 e. The minimum absolute atomic E-state index is 0.257. The summed E-state index contributed by atoms with van der Waals surface area (Å²) < 4.78 is 5.80. The van der Waals surface area contributed by atoms with E-state index >= 15 is 0 Å². The van der Waals surface area contributed by atoms with Crippen molar-refractivity contribution in [2.75, 3.05) is 0 Å². The smallest absolute Gasteiger partial charge is 0.0757 e. The van der Waals surface area contributed by atoms with Crippen LogP contribution in [-0.4, -0.2) is 12.2 Å². The number of allylic oxidation sites excluding steroid dienone is 1. The Morgan fingerprint density at radius 3 is 2.00 bits per heavy atom. The van der Waals surface area contributed by atoms with E-state index < -0.39 is 0 Å². The second-order valence-corrected chi connectivity index (χ2v) is 3.76. The van der Waals surface area contributed by atoms with Crippen LogP contribution in [0.4, 0.5) is 0 Å². The summed E-state index contributed by atoms with van der Waals surface area (Å²) in [7, 11) is 0. The lowest BCUT2D eigenvalue weighted by Gasteiger charge is -2.22. The summed E-state index contributed by atoms with van der Waals surface area (Å²) in [6.07, 6.45) is 2.71. The molecule has 0 aromatic rings. The number of hydrogen-bond acceptors (Lipinski definition) is 1. The van der Waals surface area contributed by atoms with Crippen LogP contribution in [0.2, 0.25) is 0 Å². The molecule has 0 saturated carbocycles. The predicted octanol–water partition coefficient (Wildman–Crippen LogP) is 3.40. The van der Waals surface area contributed by atoms with Crippen LogP contribution in [0.1, 0.15) is 41.5 Å². The Morgan fingerprint density at radius 2 is 1.67 bits per heavy atom. The Morgan fingerprint density at radius 1 is 1.17 bits per heavy atom. The third-order valence-electron chi connectivity index (χ3n) is 2.45. The Bertz CT molecular complexity index is 147. The van der Waals surface area contributed by atoms with Gasteiger partial charge in [0.2, 0.25) is 0 Å². The zero-order chi connectivity index (χ0) is 9.72. The van der Waals surface area contributed by atoms with Crippen molar-refractivity contribution >= 4 is 0 Å². The van der Waals surface area contributed by atoms with Crippen LogP contribution < -0.4 is 0 Å². The summed E-state index contributed by atoms with van der Waals surface area (Å²) in [5.74, 6) is 0.595. The molecule has 2 atom stereocenters. The number of hydrogen-bond donors (Lipinski definition) is 0. The van der Waals surface area contributed by atoms with E-state index in [9.17, 15) is 0 Å². The van der Waals surface area contributed by atoms with E-state index in [1.165, 1.54) is 5.57 Å². The first-order valence-electron chi connectivity index (χ1n) is 4.77. The van der Waals surface area contributed by atoms with Crippen molar-refractivity contribution in [1.82, 2.24) is 0 Å². The Labute approximate surface area is 76.8 Å². The van der Waals surface area contributed by atoms with Crippen molar-refractivity contribution in [2.24, 2.45) is 5.92 Å². The zero-order valence-electron chi connectivity index (χ0n) is 9.22. The van der Waals surface area contributed by atoms with E-state index in [0.29, 0.717) is 12.0 Å². The molecule has 0 aromatic heterocycles. The summed E-state index contributed by atoms with van der Waals surface area (Å²) in [5, 5.41) is 0. The molecule has 72 valence electrons. The van der Waals surface area contributed by atoms with Crippen LogP contribution in [0.25, 0.3) is 0 Å². The van der Waals surface area contributed by atoms with Crippen molar-refractivity contribution in [3.8, 4) is 0 Å². The van der Waals surface area contributed by atoms with Crippen LogP contribution in [0.5, 0.6) is 0 Å². The highest BCUT2D eigenvalue weighted by Crippen LogP contribution is 2.13. The van der Waals surface area contributed by atoms with Crippen LogP contribution in [0.15, 0.2) is 11.6 Å². The quantitative estimate of drug-likeness (QED) is 0.587. The summed E-state index contributed by atoms with van der Waals surface area (Å²) in [6, 6.07) is 0. The van der Waals surface area contributed by atoms with Gasteiger partial charge in [0.05, 0.1) is 12.2 Å². The van der Waals surface area contributed by atoms with Gasteiger partial charge in [-0.3, -0.25) is 0 Å². The van der Waals surface area contributed by atoms with E-state index in [1.54, 1.807) is 0 Å². The molecule has 0 rings (SSSR count). The van der Waals surface area contributed by atoms with E-state index in [-0.39, 0.29) is 6.10 Å². The van der Waals surface area contributed by atoms with Crippen molar-refractivity contribution in [1.29, 1.82) is 0 Å². The molecule has 0 aromatic carbocycles. The lowest BCUT2D eigenvalue weighted by atomic mass is 10.1. The van der Waals surface area contributed by atoms with Gasteiger partial charge < -0.3 is 4.74 Å². The molecule has 0 saturated heterocycles. The molecule has 1 heteroatoms. The molecule has 0 heterocycles. The molecule has 0 aliphatic heterocycles. The van der Waals surface area contributed by atoms with Crippen LogP contribution in [0, 0.1) is 5.92 Å². The molecular weight excluding hydrogens is 148 g/mol. The lowest BCUT2D eigenvalue weighted by Crippen LogP contribution is -2.22.